The van der Waals surface area contributed by atoms with Gasteiger partial charge in [-0.2, -0.15) is 0 Å². The standard InChI is InChI=1S/C34H40F2N4O4.C15H20N2O3.C9H16N2O3/c1-4-12-39(13-5-2)33(43)25-16-22(3)15-24(20-25)32(42)38-29(19-23-17-26(35)21-27(36)18-23)31(41)30-34(44)40(14-11-37-30)28-9-7-6-8-10-28;1-15(2,3)20-14(19)16-9-10-17(13(18)11-16)12-7-5-4-6-8-12;1-9(2,3)14-8(13)11-5-4-10-7(12)6-11/h6-10,15-18,20-21,29-31,37,41H,4-5,11-14,19H2,1-3H3,(H,38,42);4-8H,9-11H2,1-3H3;4-6H2,1-3H3,(H,10,12)/t29-,30-,31-;;/m0../s1. The van der Waals surface area contributed by atoms with Crippen LogP contribution < -0.4 is 25.8 Å². The van der Waals surface area contributed by atoms with Crippen molar-refractivity contribution >= 4 is 53.1 Å². The summed E-state index contributed by atoms with van der Waals surface area (Å²) in [5.74, 6) is -2.99. The number of benzene rings is 4. The van der Waals surface area contributed by atoms with Crippen molar-refractivity contribution in [3.8, 4) is 0 Å². The van der Waals surface area contributed by atoms with Gasteiger partial charge in [0.05, 0.1) is 12.1 Å². The molecule has 0 bridgehead atoms. The fourth-order valence-electron chi connectivity index (χ4n) is 8.78. The molecule has 18 nitrogen and oxygen atoms in total. The normalized spacial score (nSPS) is 16.6. The Morgan fingerprint density at radius 1 is 0.705 bits per heavy atom. The first-order chi connectivity index (χ1) is 36.9. The third-order valence-corrected chi connectivity index (χ3v) is 12.2. The van der Waals surface area contributed by atoms with E-state index in [0.29, 0.717) is 69.2 Å². The van der Waals surface area contributed by atoms with Crippen LogP contribution in [0, 0.1) is 18.6 Å². The van der Waals surface area contributed by atoms with Crippen molar-refractivity contribution in [3.63, 3.8) is 0 Å². The maximum absolute atomic E-state index is 14.1. The smallest absolute Gasteiger partial charge is 0.410 e. The van der Waals surface area contributed by atoms with Gasteiger partial charge < -0.3 is 45.2 Å². The first-order valence-electron chi connectivity index (χ1n) is 26.4. The number of hydrogen-bond acceptors (Lipinski definition) is 11. The van der Waals surface area contributed by atoms with Crippen LogP contribution in [0.2, 0.25) is 0 Å². The molecule has 20 heteroatoms. The zero-order chi connectivity index (χ0) is 57.3. The van der Waals surface area contributed by atoms with Gasteiger partial charge in [0.1, 0.15) is 42.0 Å². The molecular weight excluding hydrogens is 1010 g/mol. The predicted octanol–water partition coefficient (Wildman–Crippen LogP) is 6.87. The number of rotatable bonds is 13. The number of anilines is 2. The molecule has 3 heterocycles. The number of hydrogen-bond donors (Lipinski definition) is 4. The number of ether oxygens (including phenoxy) is 2. The van der Waals surface area contributed by atoms with Gasteiger partial charge in [-0.15, -0.1) is 0 Å². The number of aliphatic hydroxyl groups is 1. The van der Waals surface area contributed by atoms with Gasteiger partial charge >= 0.3 is 12.2 Å². The number of amides is 7. The highest BCUT2D eigenvalue weighted by Gasteiger charge is 2.39. The molecule has 7 rings (SSSR count). The number of piperazine rings is 3. The van der Waals surface area contributed by atoms with Crippen LogP contribution >= 0.6 is 0 Å². The van der Waals surface area contributed by atoms with E-state index < -0.39 is 65.0 Å². The lowest BCUT2D eigenvalue weighted by atomic mass is 9.93. The van der Waals surface area contributed by atoms with Gasteiger partial charge in [0.2, 0.25) is 17.7 Å². The Balaban J connectivity index is 0.000000268. The largest absolute Gasteiger partial charge is 0.444 e. The molecule has 3 atom stereocenters. The highest BCUT2D eigenvalue weighted by Crippen LogP contribution is 2.23. The van der Waals surface area contributed by atoms with Crippen LogP contribution in [-0.2, 0) is 30.3 Å². The van der Waals surface area contributed by atoms with Gasteiger partial charge in [-0.1, -0.05) is 50.2 Å². The topological polar surface area (TPSA) is 210 Å². The zero-order valence-corrected chi connectivity index (χ0v) is 46.3. The van der Waals surface area contributed by atoms with Crippen LogP contribution in [0.1, 0.15) is 100 Å². The molecule has 0 spiro atoms. The molecule has 3 aliphatic rings. The number of para-hydroxylation sites is 2. The van der Waals surface area contributed by atoms with Gasteiger partial charge in [-0.25, -0.2) is 18.4 Å². The van der Waals surface area contributed by atoms with Crippen molar-refractivity contribution in [2.45, 2.75) is 111 Å². The molecule has 3 saturated heterocycles. The summed E-state index contributed by atoms with van der Waals surface area (Å²) < 4.78 is 38.6. The number of aryl methyl sites for hydroxylation is 1. The Bertz CT molecular complexity index is 2680. The Labute approximate surface area is 456 Å². The van der Waals surface area contributed by atoms with Crippen molar-refractivity contribution in [2.75, 3.05) is 75.2 Å². The monoisotopic (exact) mass is 1080 g/mol. The maximum Gasteiger partial charge on any atom is 0.410 e. The van der Waals surface area contributed by atoms with Crippen LogP contribution in [0.4, 0.5) is 29.7 Å². The Morgan fingerprint density at radius 3 is 1.77 bits per heavy atom. The van der Waals surface area contributed by atoms with Crippen molar-refractivity contribution < 1.29 is 56.9 Å². The van der Waals surface area contributed by atoms with Crippen LogP contribution in [0.3, 0.4) is 0 Å². The first kappa shape index (κ1) is 61.4. The Morgan fingerprint density at radius 2 is 1.24 bits per heavy atom. The van der Waals surface area contributed by atoms with E-state index in [4.69, 9.17) is 9.47 Å². The average molecular weight is 1080 g/mol. The van der Waals surface area contributed by atoms with Gasteiger partial charge in [-0.3, -0.25) is 33.8 Å². The molecule has 422 valence electrons. The van der Waals surface area contributed by atoms with Crippen LogP contribution in [0.5, 0.6) is 0 Å². The summed E-state index contributed by atoms with van der Waals surface area (Å²) in [5, 5.41) is 20.1. The maximum atomic E-state index is 14.1. The number of nitrogens with one attached hydrogen (secondary N) is 3. The van der Waals surface area contributed by atoms with E-state index in [1.807, 2.05) is 83.1 Å². The molecule has 0 saturated carbocycles. The number of nitrogens with zero attached hydrogens (tertiary/aromatic N) is 5. The molecule has 4 N–H and O–H groups in total. The summed E-state index contributed by atoms with van der Waals surface area (Å²) in [6.45, 7) is 20.7. The third-order valence-electron chi connectivity index (χ3n) is 12.2. The summed E-state index contributed by atoms with van der Waals surface area (Å²) in [5.41, 5.74) is 1.93. The second-order valence-electron chi connectivity index (χ2n) is 21.2. The minimum atomic E-state index is -1.46. The third kappa shape index (κ3) is 18.6. The first-order valence-corrected chi connectivity index (χ1v) is 26.4. The second-order valence-corrected chi connectivity index (χ2v) is 21.2. The fourth-order valence-corrected chi connectivity index (χ4v) is 8.78. The predicted molar refractivity (Wildman–Crippen MR) is 293 cm³/mol. The Kier molecular flexibility index (Phi) is 22.2. The number of halogens is 2. The molecule has 3 fully saturated rings. The lowest BCUT2D eigenvalue weighted by molar-refractivity contribution is -0.125. The molecule has 3 aliphatic heterocycles. The van der Waals surface area contributed by atoms with E-state index in [1.165, 1.54) is 15.9 Å². The van der Waals surface area contributed by atoms with Gasteiger partial charge in [0.15, 0.2) is 0 Å². The highest BCUT2D eigenvalue weighted by molar-refractivity contribution is 6.01. The van der Waals surface area contributed by atoms with Gasteiger partial charge in [-0.05, 0) is 133 Å². The second kappa shape index (κ2) is 28.3. The van der Waals surface area contributed by atoms with E-state index in [0.717, 1.165) is 36.7 Å². The SMILES string of the molecule is CC(C)(C)OC(=O)N1CCN(c2ccccc2)C(=O)C1.CC(C)(C)OC(=O)N1CCNC(=O)C1.CCCN(CCC)C(=O)c1cc(C)cc(C(=O)N[C@@H](Cc2cc(F)cc(F)c2)[C@H](O)[C@@H]2NCCN(c3ccccc3)C2=O)c1. The molecule has 0 aliphatic carbocycles. The van der Waals surface area contributed by atoms with Crippen molar-refractivity contribution in [2.24, 2.45) is 0 Å². The van der Waals surface area contributed by atoms with E-state index in [9.17, 15) is 47.4 Å². The molecule has 7 amide bonds. The van der Waals surface area contributed by atoms with E-state index in [2.05, 4.69) is 16.0 Å². The van der Waals surface area contributed by atoms with Crippen LogP contribution in [0.25, 0.3) is 0 Å². The molecule has 4 aromatic carbocycles. The molecule has 0 unspecified atom stereocenters. The van der Waals surface area contributed by atoms with E-state index in [1.54, 1.807) is 66.7 Å². The Hall–Kier alpha value is -7.45. The number of aliphatic hydroxyl groups excluding tert-OH is 1. The minimum absolute atomic E-state index is 0.0593. The van der Waals surface area contributed by atoms with Crippen molar-refractivity contribution in [1.82, 2.24) is 30.7 Å². The summed E-state index contributed by atoms with van der Waals surface area (Å²) in [4.78, 5) is 94.9. The molecular formula is C58H76F2N8O10. The lowest BCUT2D eigenvalue weighted by Crippen LogP contribution is -2.64. The summed E-state index contributed by atoms with van der Waals surface area (Å²) >= 11 is 0. The molecule has 0 radical (unpaired) electrons. The van der Waals surface area contributed by atoms with Crippen LogP contribution in [-0.4, -0.2) is 156 Å². The van der Waals surface area contributed by atoms with Crippen molar-refractivity contribution in [1.29, 1.82) is 0 Å². The highest BCUT2D eigenvalue weighted by atomic mass is 19.1. The van der Waals surface area contributed by atoms with Crippen molar-refractivity contribution in [3.05, 3.63) is 131 Å². The zero-order valence-electron chi connectivity index (χ0n) is 46.3. The minimum Gasteiger partial charge on any atom is -0.444 e. The molecule has 4 aromatic rings. The van der Waals surface area contributed by atoms with Gasteiger partial charge in [0.25, 0.3) is 11.8 Å². The average Bonchev–Trinajstić information content (AvgIpc) is 3.37. The van der Waals surface area contributed by atoms with Crippen LogP contribution in [0.15, 0.2) is 97.1 Å². The lowest BCUT2D eigenvalue weighted by Gasteiger charge is -2.38. The van der Waals surface area contributed by atoms with E-state index in [-0.39, 0.29) is 48.4 Å². The van der Waals surface area contributed by atoms with Gasteiger partial charge in [0, 0.05) is 80.9 Å². The fraction of sp³-hybridized carbons (Fsp3) is 0.466. The molecule has 0 aromatic heterocycles. The molecule has 78 heavy (non-hydrogen) atoms. The number of carbonyl (C=O) groups is 7. The summed E-state index contributed by atoms with van der Waals surface area (Å²) in [7, 11) is 0. The summed E-state index contributed by atoms with van der Waals surface area (Å²) in [6, 6.07) is 24.1. The van der Waals surface area contributed by atoms with E-state index >= 15 is 0 Å². The summed E-state index contributed by atoms with van der Waals surface area (Å²) in [6.07, 6.45) is -0.885. The quantitative estimate of drug-likeness (QED) is 0.109. The number of carbonyl (C=O) groups excluding carboxylic acids is 7.